The third-order valence-electron chi connectivity index (χ3n) is 5.62. The van der Waals surface area contributed by atoms with Crippen LogP contribution < -0.4 is 10.6 Å². The Bertz CT molecular complexity index is 1070. The Morgan fingerprint density at radius 1 is 0.935 bits per heavy atom. The summed E-state index contributed by atoms with van der Waals surface area (Å²) < 4.78 is 1.86. The van der Waals surface area contributed by atoms with Crippen molar-refractivity contribution in [3.8, 4) is 11.1 Å². The summed E-state index contributed by atoms with van der Waals surface area (Å²) in [6.45, 7) is 2.96. The molecule has 0 spiro atoms. The Balaban J connectivity index is 1.51. The maximum atomic E-state index is 13.4. The van der Waals surface area contributed by atoms with Crippen LogP contribution >= 0.6 is 0 Å². The second-order valence-corrected chi connectivity index (χ2v) is 7.61. The normalized spacial score (nSPS) is 14.0. The van der Waals surface area contributed by atoms with Gasteiger partial charge in [-0.2, -0.15) is 0 Å². The SMILES string of the molecule is NC(=O)c1cccc(N2CCN(C(=O)c3cn(CCO)cc3-c3ccccc3)CC2)c1. The molecule has 3 aromatic rings. The van der Waals surface area contributed by atoms with Crippen molar-refractivity contribution in [2.24, 2.45) is 5.73 Å². The number of piperazine rings is 1. The first-order chi connectivity index (χ1) is 15.1. The molecule has 2 aromatic carbocycles. The predicted octanol–water partition coefficient (Wildman–Crippen LogP) is 2.21. The zero-order chi connectivity index (χ0) is 21.8. The van der Waals surface area contributed by atoms with Gasteiger partial charge in [-0.05, 0) is 23.8 Å². The monoisotopic (exact) mass is 418 g/mol. The molecule has 1 aromatic heterocycles. The van der Waals surface area contributed by atoms with Crippen LogP contribution in [-0.2, 0) is 6.54 Å². The Kier molecular flexibility index (Phi) is 6.04. The number of anilines is 1. The quantitative estimate of drug-likeness (QED) is 0.642. The molecule has 160 valence electrons. The summed E-state index contributed by atoms with van der Waals surface area (Å²) in [7, 11) is 0. The van der Waals surface area contributed by atoms with Crippen molar-refractivity contribution in [2.75, 3.05) is 37.7 Å². The van der Waals surface area contributed by atoms with Crippen LogP contribution in [0.25, 0.3) is 11.1 Å². The molecule has 1 fully saturated rings. The van der Waals surface area contributed by atoms with Crippen molar-refractivity contribution in [1.82, 2.24) is 9.47 Å². The van der Waals surface area contributed by atoms with E-state index < -0.39 is 5.91 Å². The molecule has 2 heterocycles. The van der Waals surface area contributed by atoms with Gasteiger partial charge in [0.1, 0.15) is 0 Å². The summed E-state index contributed by atoms with van der Waals surface area (Å²) >= 11 is 0. The van der Waals surface area contributed by atoms with Crippen molar-refractivity contribution in [3.05, 3.63) is 78.1 Å². The number of aliphatic hydroxyl groups is 1. The molecule has 4 rings (SSSR count). The largest absolute Gasteiger partial charge is 0.395 e. The summed E-state index contributed by atoms with van der Waals surface area (Å²) in [6.07, 6.45) is 3.74. The van der Waals surface area contributed by atoms with Gasteiger partial charge in [-0.25, -0.2) is 0 Å². The molecule has 1 aliphatic rings. The van der Waals surface area contributed by atoms with Crippen molar-refractivity contribution in [3.63, 3.8) is 0 Å². The van der Waals surface area contributed by atoms with E-state index in [0.717, 1.165) is 16.8 Å². The number of aromatic nitrogens is 1. The minimum absolute atomic E-state index is 0.0129. The third kappa shape index (κ3) is 4.46. The highest BCUT2D eigenvalue weighted by Crippen LogP contribution is 2.27. The molecule has 0 radical (unpaired) electrons. The minimum atomic E-state index is -0.448. The molecule has 1 aliphatic heterocycles. The minimum Gasteiger partial charge on any atom is -0.395 e. The van der Waals surface area contributed by atoms with E-state index in [1.807, 2.05) is 64.3 Å². The van der Waals surface area contributed by atoms with Crippen LogP contribution in [0.15, 0.2) is 67.0 Å². The van der Waals surface area contributed by atoms with Gasteiger partial charge in [0.05, 0.1) is 12.2 Å². The van der Waals surface area contributed by atoms with E-state index in [1.54, 1.807) is 12.1 Å². The summed E-state index contributed by atoms with van der Waals surface area (Å²) in [5, 5.41) is 9.32. The first-order valence-corrected chi connectivity index (χ1v) is 10.4. The Morgan fingerprint density at radius 2 is 1.68 bits per heavy atom. The lowest BCUT2D eigenvalue weighted by Gasteiger charge is -2.36. The number of amides is 2. The number of rotatable bonds is 6. The lowest BCUT2D eigenvalue weighted by Crippen LogP contribution is -2.48. The van der Waals surface area contributed by atoms with Gasteiger partial charge >= 0.3 is 0 Å². The van der Waals surface area contributed by atoms with Crippen LogP contribution in [-0.4, -0.2) is 59.2 Å². The molecule has 7 nitrogen and oxygen atoms in total. The average Bonchev–Trinajstić information content (AvgIpc) is 3.23. The van der Waals surface area contributed by atoms with Crippen LogP contribution in [0.4, 0.5) is 5.69 Å². The fraction of sp³-hybridized carbons (Fsp3) is 0.250. The maximum absolute atomic E-state index is 13.4. The molecule has 2 amide bonds. The molecule has 0 aliphatic carbocycles. The number of carbonyl (C=O) groups is 2. The second-order valence-electron chi connectivity index (χ2n) is 7.61. The fourth-order valence-electron chi connectivity index (χ4n) is 3.96. The first kappa shape index (κ1) is 20.7. The molecule has 0 bridgehead atoms. The highest BCUT2D eigenvalue weighted by atomic mass is 16.3. The van der Waals surface area contributed by atoms with Gasteiger partial charge in [-0.1, -0.05) is 36.4 Å². The van der Waals surface area contributed by atoms with E-state index in [1.165, 1.54) is 0 Å². The summed E-state index contributed by atoms with van der Waals surface area (Å²) in [5.41, 5.74) is 9.30. The smallest absolute Gasteiger partial charge is 0.256 e. The number of carbonyl (C=O) groups excluding carboxylic acids is 2. The number of hydrogen-bond acceptors (Lipinski definition) is 4. The van der Waals surface area contributed by atoms with Gasteiger partial charge in [0.2, 0.25) is 5.91 Å². The molecule has 0 unspecified atom stereocenters. The van der Waals surface area contributed by atoms with Gasteiger partial charge in [0.25, 0.3) is 5.91 Å². The first-order valence-electron chi connectivity index (χ1n) is 10.4. The van der Waals surface area contributed by atoms with E-state index in [-0.39, 0.29) is 12.5 Å². The van der Waals surface area contributed by atoms with Crippen LogP contribution in [0.5, 0.6) is 0 Å². The zero-order valence-electron chi connectivity index (χ0n) is 17.3. The lowest BCUT2D eigenvalue weighted by atomic mass is 10.0. The summed E-state index contributed by atoms with van der Waals surface area (Å²) in [5.74, 6) is -0.461. The Hall–Kier alpha value is -3.58. The van der Waals surface area contributed by atoms with Gasteiger partial charge in [0.15, 0.2) is 0 Å². The van der Waals surface area contributed by atoms with Crippen LogP contribution in [0.2, 0.25) is 0 Å². The van der Waals surface area contributed by atoms with E-state index in [2.05, 4.69) is 4.90 Å². The molecule has 3 N–H and O–H groups in total. The van der Waals surface area contributed by atoms with Crippen molar-refractivity contribution in [1.29, 1.82) is 0 Å². The second kappa shape index (κ2) is 9.06. The predicted molar refractivity (Wildman–Crippen MR) is 120 cm³/mol. The van der Waals surface area contributed by atoms with Crippen molar-refractivity contribution >= 4 is 17.5 Å². The van der Waals surface area contributed by atoms with Crippen LogP contribution in [0.1, 0.15) is 20.7 Å². The number of nitrogens with two attached hydrogens (primary N) is 1. The summed E-state index contributed by atoms with van der Waals surface area (Å²) in [6, 6.07) is 17.1. The molecular weight excluding hydrogens is 392 g/mol. The molecule has 0 saturated carbocycles. The van der Waals surface area contributed by atoms with E-state index in [0.29, 0.717) is 43.9 Å². The Labute approximate surface area is 181 Å². The van der Waals surface area contributed by atoms with Gasteiger partial charge in [-0.3, -0.25) is 9.59 Å². The van der Waals surface area contributed by atoms with Gasteiger partial charge < -0.3 is 25.2 Å². The van der Waals surface area contributed by atoms with Gasteiger partial charge in [0, 0.05) is 61.9 Å². The highest BCUT2D eigenvalue weighted by molar-refractivity contribution is 6.01. The van der Waals surface area contributed by atoms with Crippen molar-refractivity contribution in [2.45, 2.75) is 6.54 Å². The topological polar surface area (TPSA) is 91.8 Å². The number of aliphatic hydroxyl groups excluding tert-OH is 1. The maximum Gasteiger partial charge on any atom is 0.256 e. The highest BCUT2D eigenvalue weighted by Gasteiger charge is 2.25. The van der Waals surface area contributed by atoms with E-state index in [9.17, 15) is 14.7 Å². The standard InChI is InChI=1S/C24H26N4O3/c25-23(30)19-7-4-8-20(15-19)27-9-11-28(12-10-27)24(31)22-17-26(13-14-29)16-21(22)18-5-2-1-3-6-18/h1-8,15-17,29H,9-14H2,(H2,25,30). The molecular formula is C24H26N4O3. The molecule has 7 heteroatoms. The van der Waals surface area contributed by atoms with Crippen LogP contribution in [0.3, 0.4) is 0 Å². The molecule has 31 heavy (non-hydrogen) atoms. The molecule has 1 saturated heterocycles. The number of primary amides is 1. The number of nitrogens with zero attached hydrogens (tertiary/aromatic N) is 3. The van der Waals surface area contributed by atoms with Gasteiger partial charge in [-0.15, -0.1) is 0 Å². The third-order valence-corrected chi connectivity index (χ3v) is 5.62. The fourth-order valence-corrected chi connectivity index (χ4v) is 3.96. The van der Waals surface area contributed by atoms with E-state index in [4.69, 9.17) is 5.73 Å². The van der Waals surface area contributed by atoms with Crippen LogP contribution in [0, 0.1) is 0 Å². The molecule has 0 atom stereocenters. The average molecular weight is 418 g/mol. The Morgan fingerprint density at radius 3 is 2.35 bits per heavy atom. The number of hydrogen-bond donors (Lipinski definition) is 2. The van der Waals surface area contributed by atoms with Crippen molar-refractivity contribution < 1.29 is 14.7 Å². The summed E-state index contributed by atoms with van der Waals surface area (Å²) in [4.78, 5) is 28.9. The lowest BCUT2D eigenvalue weighted by molar-refractivity contribution is 0.0747. The zero-order valence-corrected chi connectivity index (χ0v) is 17.3. The van der Waals surface area contributed by atoms with E-state index >= 15 is 0 Å². The number of benzene rings is 2.